The third kappa shape index (κ3) is 3.44. The molecule has 0 heterocycles. The van der Waals surface area contributed by atoms with E-state index in [-0.39, 0.29) is 5.71 Å². The van der Waals surface area contributed by atoms with Crippen LogP contribution in [-0.4, -0.2) is 11.5 Å². The number of carbonyl (C=O) groups is 1. The highest BCUT2D eigenvalue weighted by Crippen LogP contribution is 2.14. The Hall–Kier alpha value is -2.64. The van der Waals surface area contributed by atoms with E-state index in [1.54, 1.807) is 60.7 Å². The quantitative estimate of drug-likeness (QED) is 0.530. The second-order valence-electron chi connectivity index (χ2n) is 3.89. The van der Waals surface area contributed by atoms with Crippen molar-refractivity contribution in [3.63, 3.8) is 0 Å². The molecule has 0 fully saturated rings. The van der Waals surface area contributed by atoms with E-state index >= 15 is 0 Å². The standard InChI is InChI=1S/C15H10ClN3O/c16-12-7-4-8-13(9-12)18-19-14(10-17)15(20)11-5-2-1-3-6-11/h1-9,18H/b19-14-. The van der Waals surface area contributed by atoms with Crippen molar-refractivity contribution in [1.82, 2.24) is 0 Å². The summed E-state index contributed by atoms with van der Waals surface area (Å²) in [6.07, 6.45) is 0. The van der Waals surface area contributed by atoms with Crippen molar-refractivity contribution in [2.75, 3.05) is 5.43 Å². The fraction of sp³-hybridized carbons (Fsp3) is 0. The largest absolute Gasteiger partial charge is 0.286 e. The molecule has 0 amide bonds. The van der Waals surface area contributed by atoms with Gasteiger partial charge in [0, 0.05) is 10.6 Å². The average molecular weight is 284 g/mol. The number of hydrogen-bond acceptors (Lipinski definition) is 4. The lowest BCUT2D eigenvalue weighted by Crippen LogP contribution is -2.14. The second kappa shape index (κ2) is 6.50. The Morgan fingerprint density at radius 1 is 1.15 bits per heavy atom. The first kappa shape index (κ1) is 13.8. The lowest BCUT2D eigenvalue weighted by Gasteiger charge is -2.02. The molecule has 4 nitrogen and oxygen atoms in total. The van der Waals surface area contributed by atoms with E-state index in [4.69, 9.17) is 16.9 Å². The highest BCUT2D eigenvalue weighted by atomic mass is 35.5. The number of nitriles is 1. The van der Waals surface area contributed by atoms with Gasteiger partial charge in [0.05, 0.1) is 5.69 Å². The van der Waals surface area contributed by atoms with Crippen LogP contribution in [0, 0.1) is 11.3 Å². The Balaban J connectivity index is 2.19. The molecule has 2 aromatic carbocycles. The summed E-state index contributed by atoms with van der Waals surface area (Å²) in [5.41, 5.74) is 3.46. The van der Waals surface area contributed by atoms with E-state index in [0.717, 1.165) is 0 Å². The minimum Gasteiger partial charge on any atom is -0.286 e. The molecular formula is C15H10ClN3O. The van der Waals surface area contributed by atoms with Crippen LogP contribution < -0.4 is 5.43 Å². The van der Waals surface area contributed by atoms with Crippen molar-refractivity contribution < 1.29 is 4.79 Å². The maximum atomic E-state index is 12.0. The first-order valence-corrected chi connectivity index (χ1v) is 6.17. The van der Waals surface area contributed by atoms with Crippen molar-refractivity contribution in [3.05, 3.63) is 65.2 Å². The maximum absolute atomic E-state index is 12.0. The summed E-state index contributed by atoms with van der Waals surface area (Å²) in [4.78, 5) is 12.0. The zero-order valence-corrected chi connectivity index (χ0v) is 11.1. The van der Waals surface area contributed by atoms with E-state index < -0.39 is 5.78 Å². The van der Waals surface area contributed by atoms with Gasteiger partial charge in [-0.3, -0.25) is 10.2 Å². The summed E-state index contributed by atoms with van der Waals surface area (Å²) >= 11 is 5.83. The van der Waals surface area contributed by atoms with Gasteiger partial charge in [-0.05, 0) is 18.2 Å². The van der Waals surface area contributed by atoms with Crippen LogP contribution in [0.5, 0.6) is 0 Å². The van der Waals surface area contributed by atoms with Gasteiger partial charge in [0.2, 0.25) is 11.5 Å². The summed E-state index contributed by atoms with van der Waals surface area (Å²) in [5, 5.41) is 13.4. The number of halogens is 1. The predicted molar refractivity (Wildman–Crippen MR) is 78.9 cm³/mol. The summed E-state index contributed by atoms with van der Waals surface area (Å²) < 4.78 is 0. The fourth-order valence-corrected chi connectivity index (χ4v) is 1.72. The minimum absolute atomic E-state index is 0.212. The van der Waals surface area contributed by atoms with Gasteiger partial charge in [-0.15, -0.1) is 0 Å². The van der Waals surface area contributed by atoms with Crippen molar-refractivity contribution in [1.29, 1.82) is 5.26 Å². The Bertz CT molecular complexity index is 690. The number of nitrogens with one attached hydrogen (secondary N) is 1. The number of carbonyl (C=O) groups excluding carboxylic acids is 1. The van der Waals surface area contributed by atoms with E-state index in [0.29, 0.717) is 16.3 Å². The number of rotatable bonds is 4. The van der Waals surface area contributed by atoms with Gasteiger partial charge in [0.15, 0.2) is 0 Å². The van der Waals surface area contributed by atoms with Crippen molar-refractivity contribution in [3.8, 4) is 6.07 Å². The topological polar surface area (TPSA) is 65.2 Å². The van der Waals surface area contributed by atoms with Crippen molar-refractivity contribution >= 4 is 28.8 Å². The minimum atomic E-state index is -0.428. The zero-order valence-electron chi connectivity index (χ0n) is 10.4. The van der Waals surface area contributed by atoms with Crippen LogP contribution in [0.4, 0.5) is 5.69 Å². The van der Waals surface area contributed by atoms with Gasteiger partial charge >= 0.3 is 0 Å². The monoisotopic (exact) mass is 283 g/mol. The Kier molecular flexibility index (Phi) is 4.48. The number of benzene rings is 2. The maximum Gasteiger partial charge on any atom is 0.223 e. The molecule has 0 aliphatic heterocycles. The van der Waals surface area contributed by atoms with Crippen LogP contribution in [0.1, 0.15) is 10.4 Å². The number of hydrogen-bond donors (Lipinski definition) is 1. The van der Waals surface area contributed by atoms with Gasteiger partial charge in [0.1, 0.15) is 6.07 Å². The van der Waals surface area contributed by atoms with Gasteiger partial charge in [-0.25, -0.2) is 0 Å². The van der Waals surface area contributed by atoms with E-state index in [9.17, 15) is 4.79 Å². The molecule has 0 saturated carbocycles. The van der Waals surface area contributed by atoms with Crippen LogP contribution >= 0.6 is 11.6 Å². The average Bonchev–Trinajstić information content (AvgIpc) is 2.48. The normalized spacial score (nSPS) is 10.7. The third-order valence-corrected chi connectivity index (χ3v) is 2.71. The number of anilines is 1. The van der Waals surface area contributed by atoms with Gasteiger partial charge in [-0.1, -0.05) is 48.0 Å². The number of ketones is 1. The third-order valence-electron chi connectivity index (χ3n) is 2.48. The number of nitrogens with zero attached hydrogens (tertiary/aromatic N) is 2. The summed E-state index contributed by atoms with van der Waals surface area (Å²) in [6.45, 7) is 0. The van der Waals surface area contributed by atoms with Crippen LogP contribution in [-0.2, 0) is 0 Å². The Morgan fingerprint density at radius 3 is 2.55 bits per heavy atom. The van der Waals surface area contributed by atoms with Crippen molar-refractivity contribution in [2.24, 2.45) is 5.10 Å². The Morgan fingerprint density at radius 2 is 1.90 bits per heavy atom. The molecule has 2 rings (SSSR count). The lowest BCUT2D eigenvalue weighted by atomic mass is 10.1. The molecule has 2 aromatic rings. The SMILES string of the molecule is N#C/C(=N/Nc1cccc(Cl)c1)C(=O)c1ccccc1. The number of hydrazone groups is 1. The summed E-state index contributed by atoms with van der Waals surface area (Å²) in [6, 6.07) is 17.2. The highest BCUT2D eigenvalue weighted by molar-refractivity contribution is 6.51. The van der Waals surface area contributed by atoms with Crippen LogP contribution in [0.15, 0.2) is 59.7 Å². The predicted octanol–water partition coefficient (Wildman–Crippen LogP) is 3.51. The molecule has 0 aliphatic rings. The molecule has 1 N–H and O–H groups in total. The molecule has 0 atom stereocenters. The van der Waals surface area contributed by atoms with Crippen LogP contribution in [0.3, 0.4) is 0 Å². The van der Waals surface area contributed by atoms with Crippen LogP contribution in [0.2, 0.25) is 5.02 Å². The molecule has 0 saturated heterocycles. The number of Topliss-reactive ketones (excluding diaryl/α,β-unsaturated/α-hetero) is 1. The zero-order chi connectivity index (χ0) is 14.4. The molecule has 20 heavy (non-hydrogen) atoms. The van der Waals surface area contributed by atoms with Gasteiger partial charge < -0.3 is 0 Å². The molecule has 0 aliphatic carbocycles. The van der Waals surface area contributed by atoms with Crippen molar-refractivity contribution in [2.45, 2.75) is 0 Å². The van der Waals surface area contributed by atoms with E-state index in [1.165, 1.54) is 0 Å². The van der Waals surface area contributed by atoms with Crippen LogP contribution in [0.25, 0.3) is 0 Å². The molecular weight excluding hydrogens is 274 g/mol. The summed E-state index contributed by atoms with van der Waals surface area (Å²) in [7, 11) is 0. The highest BCUT2D eigenvalue weighted by Gasteiger charge is 2.13. The molecule has 0 unspecified atom stereocenters. The second-order valence-corrected chi connectivity index (χ2v) is 4.33. The molecule has 0 spiro atoms. The molecule has 98 valence electrons. The molecule has 5 heteroatoms. The fourth-order valence-electron chi connectivity index (χ4n) is 1.53. The van der Waals surface area contributed by atoms with E-state index in [1.807, 2.05) is 0 Å². The smallest absolute Gasteiger partial charge is 0.223 e. The molecule has 0 bridgehead atoms. The van der Waals surface area contributed by atoms with Gasteiger partial charge in [0.25, 0.3) is 0 Å². The molecule has 0 aromatic heterocycles. The van der Waals surface area contributed by atoms with E-state index in [2.05, 4.69) is 10.5 Å². The Labute approximate surface area is 121 Å². The molecule has 0 radical (unpaired) electrons. The summed E-state index contributed by atoms with van der Waals surface area (Å²) in [5.74, 6) is -0.428. The first-order chi connectivity index (χ1) is 9.70. The van der Waals surface area contributed by atoms with Gasteiger partial charge in [-0.2, -0.15) is 10.4 Å². The first-order valence-electron chi connectivity index (χ1n) is 5.80. The lowest BCUT2D eigenvalue weighted by molar-refractivity contribution is 0.106.